The van der Waals surface area contributed by atoms with Crippen LogP contribution in [-0.4, -0.2) is 38.1 Å². The zero-order valence-electron chi connectivity index (χ0n) is 13.4. The summed E-state index contributed by atoms with van der Waals surface area (Å²) in [5.74, 6) is 0.401. The number of piperidine rings is 1. The van der Waals surface area contributed by atoms with E-state index in [0.29, 0.717) is 25.0 Å². The summed E-state index contributed by atoms with van der Waals surface area (Å²) in [4.78, 5) is 2.20. The van der Waals surface area contributed by atoms with Gasteiger partial charge in [-0.3, -0.25) is 4.90 Å². The predicted molar refractivity (Wildman–Crippen MR) is 85.6 cm³/mol. The third-order valence-corrected chi connectivity index (χ3v) is 4.80. The number of rotatable bonds is 3. The molecule has 7 heteroatoms. The molecule has 0 unspecified atom stereocenters. The summed E-state index contributed by atoms with van der Waals surface area (Å²) in [6.45, 7) is 2.05. The minimum absolute atomic E-state index is 0.307. The zero-order chi connectivity index (χ0) is 16.7. The van der Waals surface area contributed by atoms with E-state index >= 15 is 0 Å². The second kappa shape index (κ2) is 5.68. The quantitative estimate of drug-likeness (QED) is 0.797. The highest BCUT2D eigenvalue weighted by Gasteiger charge is 2.36. The second-order valence-electron chi connectivity index (χ2n) is 6.42. The molecule has 126 valence electrons. The number of furan rings is 1. The average molecular weight is 330 g/mol. The van der Waals surface area contributed by atoms with Gasteiger partial charge in [0.1, 0.15) is 11.4 Å². The average Bonchev–Trinajstić information content (AvgIpc) is 3.17. The number of nitrogens with zero attached hydrogens (tertiary/aromatic N) is 4. The van der Waals surface area contributed by atoms with Crippen LogP contribution in [0.1, 0.15) is 24.3 Å². The number of para-hydroxylation sites is 1. The Hall–Kier alpha value is -2.25. The van der Waals surface area contributed by atoms with Gasteiger partial charge in [0.05, 0.1) is 18.4 Å². The number of likely N-dealkylation sites (tertiary alicyclic amines) is 1. The number of hydrogen-bond acceptors (Lipinski definition) is 5. The minimum Gasteiger partial charge on any atom is -0.457 e. The van der Waals surface area contributed by atoms with Gasteiger partial charge < -0.3 is 9.52 Å². The Labute approximate surface area is 138 Å². The maximum Gasteiger partial charge on any atom is 0.169 e. The van der Waals surface area contributed by atoms with Gasteiger partial charge in [0, 0.05) is 25.5 Å². The van der Waals surface area contributed by atoms with Crippen molar-refractivity contribution in [3.05, 3.63) is 47.7 Å². The molecule has 0 radical (unpaired) electrons. The van der Waals surface area contributed by atoms with E-state index < -0.39 is 5.60 Å². The normalized spacial score (nSPS) is 18.3. The molecule has 3 aromatic rings. The van der Waals surface area contributed by atoms with Crippen molar-refractivity contribution in [2.45, 2.75) is 25.0 Å². The van der Waals surface area contributed by atoms with Crippen LogP contribution in [0.2, 0.25) is 0 Å². The highest BCUT2D eigenvalue weighted by Crippen LogP contribution is 2.33. The summed E-state index contributed by atoms with van der Waals surface area (Å²) in [6.07, 6.45) is 2.82. The number of fused-ring (bicyclic) bond motifs is 1. The molecule has 0 saturated carbocycles. The topological polar surface area (TPSA) is 67.3 Å². The van der Waals surface area contributed by atoms with Crippen LogP contribution in [0.3, 0.4) is 0 Å². The molecule has 1 aliphatic heterocycles. The van der Waals surface area contributed by atoms with Gasteiger partial charge >= 0.3 is 0 Å². The molecular weight excluding hydrogens is 311 g/mol. The van der Waals surface area contributed by atoms with E-state index in [9.17, 15) is 9.50 Å². The first kappa shape index (κ1) is 15.3. The van der Waals surface area contributed by atoms with Gasteiger partial charge in [-0.25, -0.2) is 9.07 Å². The van der Waals surface area contributed by atoms with E-state index in [2.05, 4.69) is 15.2 Å². The molecule has 1 aliphatic rings. The summed E-state index contributed by atoms with van der Waals surface area (Å²) in [5, 5.41) is 19.4. The number of benzene rings is 1. The van der Waals surface area contributed by atoms with Crippen LogP contribution in [-0.2, 0) is 19.2 Å². The molecule has 1 N–H and O–H groups in total. The smallest absolute Gasteiger partial charge is 0.169 e. The zero-order valence-corrected chi connectivity index (χ0v) is 13.4. The van der Waals surface area contributed by atoms with Crippen LogP contribution in [0.4, 0.5) is 4.39 Å². The van der Waals surface area contributed by atoms with Crippen LogP contribution in [0.5, 0.6) is 0 Å². The SMILES string of the molecule is Cn1nncc1C1(O)CCN(Cc2cc3cccc(F)c3o2)CC1. The Morgan fingerprint density at radius 3 is 2.79 bits per heavy atom. The number of aliphatic hydroxyl groups is 1. The lowest BCUT2D eigenvalue weighted by atomic mass is 9.88. The lowest BCUT2D eigenvalue weighted by Gasteiger charge is -2.37. The maximum absolute atomic E-state index is 13.7. The van der Waals surface area contributed by atoms with Crippen LogP contribution in [0.25, 0.3) is 11.0 Å². The monoisotopic (exact) mass is 330 g/mol. The fourth-order valence-corrected chi connectivity index (χ4v) is 3.43. The summed E-state index contributed by atoms with van der Waals surface area (Å²) in [5.41, 5.74) is 0.157. The van der Waals surface area contributed by atoms with Crippen LogP contribution >= 0.6 is 0 Å². The third kappa shape index (κ3) is 2.59. The van der Waals surface area contributed by atoms with E-state index in [4.69, 9.17) is 4.42 Å². The van der Waals surface area contributed by atoms with Crippen LogP contribution in [0.15, 0.2) is 34.9 Å². The lowest BCUT2D eigenvalue weighted by Crippen LogP contribution is -2.43. The molecule has 0 spiro atoms. The van der Waals surface area contributed by atoms with Gasteiger partial charge in [-0.2, -0.15) is 0 Å². The van der Waals surface area contributed by atoms with E-state index in [0.717, 1.165) is 29.9 Å². The lowest BCUT2D eigenvalue weighted by molar-refractivity contribution is -0.0348. The number of aromatic nitrogens is 3. The fraction of sp³-hybridized carbons (Fsp3) is 0.412. The first-order valence-electron chi connectivity index (χ1n) is 8.02. The highest BCUT2D eigenvalue weighted by molar-refractivity contribution is 5.78. The molecule has 2 aromatic heterocycles. The maximum atomic E-state index is 13.7. The Kier molecular flexibility index (Phi) is 3.62. The highest BCUT2D eigenvalue weighted by atomic mass is 19.1. The summed E-state index contributed by atoms with van der Waals surface area (Å²) in [6, 6.07) is 6.80. The molecule has 1 aromatic carbocycles. The standard InChI is InChI=1S/C17H19FN4O2/c1-21-15(10-19-20-21)17(23)5-7-22(8-6-17)11-13-9-12-3-2-4-14(18)16(12)24-13/h2-4,9-10,23H,5-8,11H2,1H3. The third-order valence-electron chi connectivity index (χ3n) is 4.80. The van der Waals surface area contributed by atoms with Crippen molar-refractivity contribution < 1.29 is 13.9 Å². The molecule has 24 heavy (non-hydrogen) atoms. The fourth-order valence-electron chi connectivity index (χ4n) is 3.43. The molecule has 1 fully saturated rings. The largest absolute Gasteiger partial charge is 0.457 e. The van der Waals surface area contributed by atoms with Gasteiger partial charge in [-0.15, -0.1) is 5.10 Å². The molecule has 0 atom stereocenters. The molecule has 0 amide bonds. The Morgan fingerprint density at radius 1 is 1.33 bits per heavy atom. The predicted octanol–water partition coefficient (Wildman–Crippen LogP) is 2.18. The molecule has 3 heterocycles. The van der Waals surface area contributed by atoms with E-state index in [-0.39, 0.29) is 5.82 Å². The Morgan fingerprint density at radius 2 is 2.12 bits per heavy atom. The van der Waals surface area contributed by atoms with E-state index in [1.807, 2.05) is 12.1 Å². The molecule has 6 nitrogen and oxygen atoms in total. The van der Waals surface area contributed by atoms with Gasteiger partial charge in [-0.1, -0.05) is 17.3 Å². The van der Waals surface area contributed by atoms with Gasteiger partial charge in [-0.05, 0) is 25.0 Å². The van der Waals surface area contributed by atoms with Crippen LogP contribution < -0.4 is 0 Å². The van der Waals surface area contributed by atoms with Gasteiger partial charge in [0.15, 0.2) is 11.4 Å². The minimum atomic E-state index is -0.894. The van der Waals surface area contributed by atoms with Crippen molar-refractivity contribution in [2.24, 2.45) is 7.05 Å². The van der Waals surface area contributed by atoms with Crippen molar-refractivity contribution in [1.82, 2.24) is 19.9 Å². The van der Waals surface area contributed by atoms with Gasteiger partial charge in [0.25, 0.3) is 0 Å². The summed E-state index contributed by atoms with van der Waals surface area (Å²) in [7, 11) is 1.79. The molecule has 0 aliphatic carbocycles. The van der Waals surface area contributed by atoms with Crippen molar-refractivity contribution in [3.63, 3.8) is 0 Å². The van der Waals surface area contributed by atoms with Gasteiger partial charge in [0.2, 0.25) is 0 Å². The molecule has 0 bridgehead atoms. The second-order valence-corrected chi connectivity index (χ2v) is 6.42. The van der Waals surface area contributed by atoms with Crippen LogP contribution in [0, 0.1) is 5.82 Å². The van der Waals surface area contributed by atoms with Crippen molar-refractivity contribution >= 4 is 11.0 Å². The van der Waals surface area contributed by atoms with Crippen molar-refractivity contribution in [1.29, 1.82) is 0 Å². The first-order valence-corrected chi connectivity index (χ1v) is 8.02. The molecular formula is C17H19FN4O2. The molecule has 4 rings (SSSR count). The van der Waals surface area contributed by atoms with E-state index in [1.165, 1.54) is 6.07 Å². The first-order chi connectivity index (χ1) is 11.5. The number of halogens is 1. The number of hydrogen-bond donors (Lipinski definition) is 1. The molecule has 1 saturated heterocycles. The van der Waals surface area contributed by atoms with Crippen molar-refractivity contribution in [3.8, 4) is 0 Å². The Bertz CT molecular complexity index is 864. The number of aryl methyl sites for hydroxylation is 1. The summed E-state index contributed by atoms with van der Waals surface area (Å²) >= 11 is 0. The van der Waals surface area contributed by atoms with E-state index in [1.54, 1.807) is 24.0 Å². The summed E-state index contributed by atoms with van der Waals surface area (Å²) < 4.78 is 21.0. The Balaban J connectivity index is 1.46. The van der Waals surface area contributed by atoms with Crippen molar-refractivity contribution in [2.75, 3.05) is 13.1 Å².